The van der Waals surface area contributed by atoms with Crippen molar-refractivity contribution in [1.29, 1.82) is 0 Å². The Hall–Kier alpha value is -4.50. The van der Waals surface area contributed by atoms with Crippen LogP contribution < -0.4 is 4.90 Å². The number of hydrogen-bond acceptors (Lipinski definition) is 1. The van der Waals surface area contributed by atoms with E-state index in [4.69, 9.17) is 0 Å². The van der Waals surface area contributed by atoms with E-state index < -0.39 is 0 Å². The van der Waals surface area contributed by atoms with Crippen molar-refractivity contribution in [3.05, 3.63) is 127 Å². The van der Waals surface area contributed by atoms with Gasteiger partial charge in [0, 0.05) is 38.7 Å². The van der Waals surface area contributed by atoms with Gasteiger partial charge in [-0.1, -0.05) is 85.0 Å². The van der Waals surface area contributed by atoms with Crippen LogP contribution >= 0.6 is 0 Å². The third kappa shape index (κ3) is 3.20. The van der Waals surface area contributed by atoms with Crippen LogP contribution in [0.1, 0.15) is 6.42 Å². The average Bonchev–Trinajstić information content (AvgIpc) is 3.45. The third-order valence-electron chi connectivity index (χ3n) is 7.01. The largest absolute Gasteiger partial charge is 0.340 e. The first kappa shape index (κ1) is 19.9. The van der Waals surface area contributed by atoms with E-state index in [9.17, 15) is 0 Å². The predicted octanol–water partition coefficient (Wildman–Crippen LogP) is 8.29. The molecule has 1 aliphatic rings. The van der Waals surface area contributed by atoms with Crippen LogP contribution in [-0.4, -0.2) is 15.6 Å². The molecular formula is C32H25N3. The van der Waals surface area contributed by atoms with E-state index in [1.807, 2.05) is 0 Å². The lowest BCUT2D eigenvalue weighted by Gasteiger charge is -2.33. The minimum atomic E-state index is 0.271. The molecule has 3 heteroatoms. The van der Waals surface area contributed by atoms with Gasteiger partial charge in [0.1, 0.15) is 5.65 Å². The van der Waals surface area contributed by atoms with Gasteiger partial charge in [-0.15, -0.1) is 0 Å². The van der Waals surface area contributed by atoms with Gasteiger partial charge in [-0.3, -0.25) is 4.57 Å². The van der Waals surface area contributed by atoms with Gasteiger partial charge < -0.3 is 9.88 Å². The Morgan fingerprint density at radius 2 is 1.49 bits per heavy atom. The Bertz CT molecular complexity index is 1730. The smallest absolute Gasteiger partial charge is 0.124 e. The maximum absolute atomic E-state index is 3.71. The summed E-state index contributed by atoms with van der Waals surface area (Å²) in [6, 6.07) is 37.2. The zero-order valence-electron chi connectivity index (χ0n) is 19.3. The Morgan fingerprint density at radius 1 is 0.714 bits per heavy atom. The van der Waals surface area contributed by atoms with E-state index in [1.165, 1.54) is 33.1 Å². The summed E-state index contributed by atoms with van der Waals surface area (Å²) in [5.74, 6) is 0. The normalized spacial score (nSPS) is 15.4. The van der Waals surface area contributed by atoms with Crippen LogP contribution in [-0.2, 0) is 0 Å². The van der Waals surface area contributed by atoms with Crippen LogP contribution in [0.4, 0.5) is 11.4 Å². The van der Waals surface area contributed by atoms with E-state index in [2.05, 4.69) is 142 Å². The first-order valence-electron chi connectivity index (χ1n) is 12.2. The zero-order valence-corrected chi connectivity index (χ0v) is 19.3. The monoisotopic (exact) mass is 451 g/mol. The summed E-state index contributed by atoms with van der Waals surface area (Å²) in [5.41, 5.74) is 7.04. The van der Waals surface area contributed by atoms with Gasteiger partial charge in [0.05, 0.1) is 11.6 Å². The van der Waals surface area contributed by atoms with Crippen molar-refractivity contribution in [2.75, 3.05) is 4.90 Å². The van der Waals surface area contributed by atoms with Gasteiger partial charge >= 0.3 is 0 Å². The number of aromatic nitrogens is 2. The molecule has 168 valence electrons. The van der Waals surface area contributed by atoms with Gasteiger partial charge in [0.25, 0.3) is 0 Å². The number of nitrogens with zero attached hydrogens (tertiary/aromatic N) is 2. The van der Waals surface area contributed by atoms with Crippen molar-refractivity contribution in [2.45, 2.75) is 12.5 Å². The summed E-state index contributed by atoms with van der Waals surface area (Å²) in [4.78, 5) is 6.15. The number of benzene rings is 4. The van der Waals surface area contributed by atoms with E-state index >= 15 is 0 Å². The number of fused-ring (bicyclic) bond motifs is 5. The zero-order chi connectivity index (χ0) is 23.2. The number of para-hydroxylation sites is 3. The molecule has 0 bridgehead atoms. The molecule has 2 aromatic heterocycles. The molecule has 1 aliphatic carbocycles. The van der Waals surface area contributed by atoms with Gasteiger partial charge in [-0.25, -0.2) is 0 Å². The Morgan fingerprint density at radius 3 is 2.34 bits per heavy atom. The quantitative estimate of drug-likeness (QED) is 0.286. The maximum Gasteiger partial charge on any atom is 0.124 e. The highest BCUT2D eigenvalue weighted by Gasteiger charge is 2.21. The number of allylic oxidation sites excluding steroid dienone is 2. The molecule has 0 saturated heterocycles. The molecular weight excluding hydrogens is 426 g/mol. The van der Waals surface area contributed by atoms with Crippen molar-refractivity contribution in [2.24, 2.45) is 0 Å². The van der Waals surface area contributed by atoms with Gasteiger partial charge in [-0.2, -0.15) is 0 Å². The number of anilines is 2. The molecule has 3 nitrogen and oxygen atoms in total. The molecule has 1 unspecified atom stereocenters. The fourth-order valence-electron chi connectivity index (χ4n) is 5.50. The second kappa shape index (κ2) is 8.07. The molecule has 1 atom stereocenters. The minimum absolute atomic E-state index is 0.271. The third-order valence-corrected chi connectivity index (χ3v) is 7.01. The molecule has 2 heterocycles. The van der Waals surface area contributed by atoms with Crippen LogP contribution in [0.5, 0.6) is 0 Å². The summed E-state index contributed by atoms with van der Waals surface area (Å²) in [7, 11) is 0. The molecule has 35 heavy (non-hydrogen) atoms. The van der Waals surface area contributed by atoms with Crippen molar-refractivity contribution in [3.63, 3.8) is 0 Å². The second-order valence-electron chi connectivity index (χ2n) is 9.09. The van der Waals surface area contributed by atoms with Gasteiger partial charge in [0.15, 0.2) is 0 Å². The Balaban J connectivity index is 1.46. The van der Waals surface area contributed by atoms with E-state index in [-0.39, 0.29) is 6.04 Å². The first-order valence-corrected chi connectivity index (χ1v) is 12.2. The van der Waals surface area contributed by atoms with Crippen LogP contribution in [0.15, 0.2) is 127 Å². The fraction of sp³-hybridized carbons (Fsp3) is 0.0625. The highest BCUT2D eigenvalue weighted by Crippen LogP contribution is 2.38. The highest BCUT2D eigenvalue weighted by atomic mass is 15.2. The number of rotatable bonds is 4. The Labute approximate surface area is 204 Å². The van der Waals surface area contributed by atoms with Crippen molar-refractivity contribution in [3.8, 4) is 5.69 Å². The summed E-state index contributed by atoms with van der Waals surface area (Å²) < 4.78 is 2.37. The topological polar surface area (TPSA) is 24.0 Å². The average molecular weight is 452 g/mol. The molecule has 6 aromatic rings. The van der Waals surface area contributed by atoms with Gasteiger partial charge in [-0.05, 0) is 48.9 Å². The first-order chi connectivity index (χ1) is 17.4. The standard InChI is InChI=1S/C32H25N3/c1-3-12-23(13-4-1)34(24-14-5-2-6-15-24)25-16-11-17-26(22-25)35-30-21-10-8-19-28(30)31-27-18-7-9-20-29(27)33-32(31)35/h1-14,16-22,24,33H,15H2. The summed E-state index contributed by atoms with van der Waals surface area (Å²) in [6.45, 7) is 0. The predicted molar refractivity (Wildman–Crippen MR) is 148 cm³/mol. The highest BCUT2D eigenvalue weighted by molar-refractivity contribution is 6.21. The number of nitrogens with one attached hydrogen (secondary N) is 1. The molecule has 0 saturated carbocycles. The molecule has 7 rings (SSSR count). The van der Waals surface area contributed by atoms with Crippen LogP contribution in [0.3, 0.4) is 0 Å². The van der Waals surface area contributed by atoms with Crippen molar-refractivity contribution >= 4 is 44.2 Å². The molecule has 0 aliphatic heterocycles. The van der Waals surface area contributed by atoms with E-state index in [1.54, 1.807) is 0 Å². The van der Waals surface area contributed by atoms with Crippen LogP contribution in [0.25, 0.3) is 38.5 Å². The van der Waals surface area contributed by atoms with Gasteiger partial charge in [0.2, 0.25) is 0 Å². The number of H-pyrrole nitrogens is 1. The molecule has 4 aromatic carbocycles. The molecule has 0 amide bonds. The second-order valence-corrected chi connectivity index (χ2v) is 9.09. The van der Waals surface area contributed by atoms with Crippen LogP contribution in [0, 0.1) is 0 Å². The van der Waals surface area contributed by atoms with E-state index in [0.29, 0.717) is 0 Å². The van der Waals surface area contributed by atoms with Crippen molar-refractivity contribution < 1.29 is 0 Å². The lowest BCUT2D eigenvalue weighted by molar-refractivity contribution is 0.785. The molecule has 0 fully saturated rings. The van der Waals surface area contributed by atoms with Crippen molar-refractivity contribution in [1.82, 2.24) is 9.55 Å². The van der Waals surface area contributed by atoms with Crippen LogP contribution in [0.2, 0.25) is 0 Å². The maximum atomic E-state index is 3.71. The summed E-state index contributed by atoms with van der Waals surface area (Å²) >= 11 is 0. The lowest BCUT2D eigenvalue weighted by atomic mass is 10.0. The SMILES string of the molecule is C1=CCC(N(c2ccccc2)c2cccc(-n3c4ccccc4c4c5ccccc5[nH]c43)c2)C=C1. The Kier molecular flexibility index (Phi) is 4.59. The fourth-order valence-corrected chi connectivity index (χ4v) is 5.50. The summed E-state index contributed by atoms with van der Waals surface area (Å²) in [5, 5.41) is 3.81. The number of hydrogen-bond donors (Lipinski definition) is 1. The van der Waals surface area contributed by atoms with E-state index in [0.717, 1.165) is 23.3 Å². The minimum Gasteiger partial charge on any atom is -0.340 e. The summed E-state index contributed by atoms with van der Waals surface area (Å²) in [6.07, 6.45) is 9.81. The molecule has 1 N–H and O–H groups in total. The molecule has 0 spiro atoms. The molecule has 0 radical (unpaired) electrons. The number of aromatic amines is 1. The lowest BCUT2D eigenvalue weighted by Crippen LogP contribution is -2.29.